The second kappa shape index (κ2) is 68.3. The second-order valence-corrected chi connectivity index (χ2v) is 30.5. The molecule has 0 amide bonds. The van der Waals surface area contributed by atoms with E-state index in [1.54, 1.807) is 0 Å². The van der Waals surface area contributed by atoms with E-state index in [4.69, 9.17) is 37.0 Å². The summed E-state index contributed by atoms with van der Waals surface area (Å²) >= 11 is 0. The number of hydrogen-bond donors (Lipinski definition) is 3. The van der Waals surface area contributed by atoms with Crippen molar-refractivity contribution in [1.29, 1.82) is 0 Å². The van der Waals surface area contributed by atoms with Gasteiger partial charge in [0.1, 0.15) is 19.3 Å². The Hall–Kier alpha value is -2.46. The lowest BCUT2D eigenvalue weighted by molar-refractivity contribution is -0.161. The molecule has 0 fully saturated rings. The van der Waals surface area contributed by atoms with Crippen molar-refractivity contribution >= 4 is 39.5 Å². The monoisotopic (exact) mass is 1410 g/mol. The fourth-order valence-corrected chi connectivity index (χ4v) is 12.8. The summed E-state index contributed by atoms with van der Waals surface area (Å²) < 4.78 is 68.5. The summed E-state index contributed by atoms with van der Waals surface area (Å²) in [5.41, 5.74) is 0. The first-order valence-electron chi connectivity index (χ1n) is 39.4. The molecule has 0 aromatic carbocycles. The third kappa shape index (κ3) is 67.4. The minimum absolute atomic E-state index is 0.101. The minimum atomic E-state index is -4.97. The lowest BCUT2D eigenvalue weighted by Crippen LogP contribution is -2.30. The molecule has 0 aliphatic carbocycles. The lowest BCUT2D eigenvalue weighted by atomic mass is 9.99. The van der Waals surface area contributed by atoms with E-state index in [2.05, 4.69) is 65.8 Å². The first kappa shape index (κ1) is 93.5. The molecule has 0 heterocycles. The summed E-state index contributed by atoms with van der Waals surface area (Å²) in [5.74, 6) is -0.500. The van der Waals surface area contributed by atoms with Gasteiger partial charge in [0.25, 0.3) is 0 Å². The summed E-state index contributed by atoms with van der Waals surface area (Å²) in [6.45, 7) is 9.60. The van der Waals surface area contributed by atoms with Crippen LogP contribution in [0.5, 0.6) is 0 Å². The van der Waals surface area contributed by atoms with Crippen LogP contribution >= 0.6 is 15.6 Å². The highest BCUT2D eigenvalue weighted by atomic mass is 31.2. The molecule has 4 unspecified atom stereocenters. The van der Waals surface area contributed by atoms with Crippen LogP contribution in [0.4, 0.5) is 0 Å². The Morgan fingerprint density at radius 1 is 0.333 bits per heavy atom. The average Bonchev–Trinajstić information content (AvgIpc) is 1.12. The maximum Gasteiger partial charge on any atom is 0.472 e. The molecule has 566 valence electrons. The Labute approximate surface area is 586 Å². The van der Waals surface area contributed by atoms with E-state index in [1.165, 1.54) is 173 Å². The lowest BCUT2D eigenvalue weighted by Gasteiger charge is -2.21. The molecule has 19 heteroatoms. The van der Waals surface area contributed by atoms with Crippen LogP contribution in [0.25, 0.3) is 0 Å². The molecular weight excluding hydrogens is 1260 g/mol. The van der Waals surface area contributed by atoms with E-state index in [0.717, 1.165) is 121 Å². The maximum atomic E-state index is 13.1. The van der Waals surface area contributed by atoms with Crippen molar-refractivity contribution in [2.45, 2.75) is 394 Å². The number of aliphatic hydroxyl groups is 1. The van der Waals surface area contributed by atoms with Gasteiger partial charge in [-0.15, -0.1) is 0 Å². The van der Waals surface area contributed by atoms with Crippen LogP contribution < -0.4 is 0 Å². The Bertz CT molecular complexity index is 1950. The molecule has 0 aromatic heterocycles. The van der Waals surface area contributed by atoms with Crippen molar-refractivity contribution in [3.8, 4) is 0 Å². The molecular formula is C77H146O17P2. The van der Waals surface area contributed by atoms with Gasteiger partial charge < -0.3 is 33.8 Å². The average molecular weight is 1410 g/mol. The van der Waals surface area contributed by atoms with Crippen molar-refractivity contribution in [1.82, 2.24) is 0 Å². The number of unbranched alkanes of at least 4 members (excludes halogenated alkanes) is 39. The molecule has 96 heavy (non-hydrogen) atoms. The third-order valence-electron chi connectivity index (χ3n) is 18.1. The Kier molecular flexibility index (Phi) is 66.6. The molecule has 17 nitrogen and oxygen atoms in total. The van der Waals surface area contributed by atoms with Crippen LogP contribution in [-0.4, -0.2) is 96.7 Å². The van der Waals surface area contributed by atoms with Gasteiger partial charge in [0, 0.05) is 25.7 Å². The highest BCUT2D eigenvalue weighted by Crippen LogP contribution is 2.45. The van der Waals surface area contributed by atoms with Gasteiger partial charge in [-0.2, -0.15) is 0 Å². The number of aliphatic hydroxyl groups excluding tert-OH is 1. The predicted octanol–water partition coefficient (Wildman–Crippen LogP) is 22.3. The maximum absolute atomic E-state index is 13.1. The molecule has 0 aromatic rings. The predicted molar refractivity (Wildman–Crippen MR) is 391 cm³/mol. The zero-order valence-electron chi connectivity index (χ0n) is 62.2. The van der Waals surface area contributed by atoms with Gasteiger partial charge in [0.2, 0.25) is 0 Å². The fourth-order valence-electron chi connectivity index (χ4n) is 11.2. The molecule has 0 saturated carbocycles. The Balaban J connectivity index is 5.28. The van der Waals surface area contributed by atoms with Crippen LogP contribution in [0, 0.1) is 11.8 Å². The Morgan fingerprint density at radius 3 is 0.885 bits per heavy atom. The van der Waals surface area contributed by atoms with E-state index in [1.807, 2.05) is 0 Å². The molecule has 0 bridgehead atoms. The fraction of sp³-hybridized carbons (Fsp3) is 0.896. The van der Waals surface area contributed by atoms with Crippen LogP contribution in [0.1, 0.15) is 375 Å². The molecule has 0 radical (unpaired) electrons. The zero-order valence-corrected chi connectivity index (χ0v) is 63.9. The van der Waals surface area contributed by atoms with Gasteiger partial charge in [-0.3, -0.25) is 37.3 Å². The molecule has 0 spiro atoms. The number of carbonyl (C=O) groups excluding carboxylic acids is 4. The van der Waals surface area contributed by atoms with E-state index >= 15 is 0 Å². The van der Waals surface area contributed by atoms with Gasteiger partial charge in [-0.25, -0.2) is 9.13 Å². The highest BCUT2D eigenvalue weighted by Gasteiger charge is 2.30. The van der Waals surface area contributed by atoms with Crippen molar-refractivity contribution in [3.63, 3.8) is 0 Å². The molecule has 3 N–H and O–H groups in total. The normalized spacial score (nSPS) is 14.7. The van der Waals surface area contributed by atoms with E-state index in [9.17, 15) is 43.2 Å². The molecule has 0 saturated heterocycles. The first-order chi connectivity index (χ1) is 46.4. The van der Waals surface area contributed by atoms with E-state index in [0.29, 0.717) is 25.7 Å². The van der Waals surface area contributed by atoms with Crippen LogP contribution in [0.3, 0.4) is 0 Å². The van der Waals surface area contributed by atoms with Crippen molar-refractivity contribution < 1.29 is 80.2 Å². The number of phosphoric acid groups is 2. The van der Waals surface area contributed by atoms with Crippen molar-refractivity contribution in [3.05, 3.63) is 24.3 Å². The third-order valence-corrected chi connectivity index (χ3v) is 20.0. The number of carbonyl (C=O) groups is 4. The van der Waals surface area contributed by atoms with Gasteiger partial charge >= 0.3 is 39.5 Å². The Morgan fingerprint density at radius 2 is 0.583 bits per heavy atom. The van der Waals surface area contributed by atoms with E-state index in [-0.39, 0.29) is 25.7 Å². The highest BCUT2D eigenvalue weighted by molar-refractivity contribution is 7.47. The standard InChI is InChI=1S/C77H146O17P2/c1-7-11-13-15-17-19-20-21-22-26-29-36-42-48-54-60-75(80)88-66-73(93-76(81)61-55-49-43-37-30-27-24-23-25-28-34-39-45-51-57-69(5)9-3)68-92-96(85,86)90-64-71(78)63-89-95(83,84)91-67-72(65-87-74(79)59-53-47-41-33-18-16-14-12-8-2)94-77(82)62-56-50-44-38-32-31-35-40-46-52-58-70(6)10-4/h19-22,69-73,78H,7-18,23-68H2,1-6H3,(H,83,84)(H,85,86)/b20-19-,22-21-/t69?,70?,71-,72+,73+/m0/s1. The van der Waals surface area contributed by atoms with Gasteiger partial charge in [0.05, 0.1) is 26.4 Å². The minimum Gasteiger partial charge on any atom is -0.462 e. The van der Waals surface area contributed by atoms with E-state index < -0.39 is 97.5 Å². The summed E-state index contributed by atoms with van der Waals surface area (Å²) in [6, 6.07) is 0. The largest absolute Gasteiger partial charge is 0.472 e. The number of esters is 4. The molecule has 7 atom stereocenters. The van der Waals surface area contributed by atoms with Gasteiger partial charge in [0.15, 0.2) is 12.2 Å². The topological polar surface area (TPSA) is 237 Å². The van der Waals surface area contributed by atoms with Crippen LogP contribution in [0.2, 0.25) is 0 Å². The van der Waals surface area contributed by atoms with Crippen LogP contribution in [0.15, 0.2) is 24.3 Å². The first-order valence-corrected chi connectivity index (χ1v) is 42.4. The molecule has 0 rings (SSSR count). The quantitative estimate of drug-likeness (QED) is 0.0169. The SMILES string of the molecule is CCCCCC/C=C\C=C/CCCCCCCC(=O)OC[C@H](COP(=O)(O)OC[C@@H](O)COP(=O)(O)OC[C@@H](COC(=O)CCCCCCCCCCC)OC(=O)CCCCCCCCCCCCC(C)CC)OC(=O)CCCCCCCCCCCCCCCCC(C)CC. The second-order valence-electron chi connectivity index (χ2n) is 27.5. The summed E-state index contributed by atoms with van der Waals surface area (Å²) in [4.78, 5) is 72.8. The summed E-state index contributed by atoms with van der Waals surface area (Å²) in [6.07, 6.45) is 58.9. The summed E-state index contributed by atoms with van der Waals surface area (Å²) in [7, 11) is -9.92. The van der Waals surface area contributed by atoms with Gasteiger partial charge in [-0.1, -0.05) is 323 Å². The zero-order chi connectivity index (χ0) is 70.7. The summed E-state index contributed by atoms with van der Waals surface area (Å²) in [5, 5.41) is 10.6. The number of rotatable bonds is 74. The smallest absolute Gasteiger partial charge is 0.462 e. The van der Waals surface area contributed by atoms with Gasteiger partial charge in [-0.05, 0) is 63.2 Å². The van der Waals surface area contributed by atoms with Crippen LogP contribution in [-0.2, 0) is 65.4 Å². The molecule has 0 aliphatic rings. The number of phosphoric ester groups is 2. The van der Waals surface area contributed by atoms with Crippen molar-refractivity contribution in [2.24, 2.45) is 11.8 Å². The van der Waals surface area contributed by atoms with Crippen molar-refractivity contribution in [2.75, 3.05) is 39.6 Å². The molecule has 0 aliphatic heterocycles. The number of allylic oxidation sites excluding steroid dienone is 4. The number of ether oxygens (including phenoxy) is 4. The number of hydrogen-bond acceptors (Lipinski definition) is 15.